The maximum Gasteiger partial charge on any atom is 0.309 e. The third-order valence-corrected chi connectivity index (χ3v) is 6.52. The van der Waals surface area contributed by atoms with Crippen molar-refractivity contribution >= 4 is 34.9 Å². The minimum Gasteiger partial charge on any atom is -0.497 e. The van der Waals surface area contributed by atoms with E-state index in [1.165, 1.54) is 0 Å². The molecule has 2 N–H and O–H groups in total. The molecule has 2 saturated carbocycles. The summed E-state index contributed by atoms with van der Waals surface area (Å²) in [6.07, 6.45) is 3.69. The summed E-state index contributed by atoms with van der Waals surface area (Å²) in [6, 6.07) is 13.5. The molecule has 0 aromatic heterocycles. The van der Waals surface area contributed by atoms with Crippen LogP contribution >= 0.6 is 0 Å². The van der Waals surface area contributed by atoms with Crippen molar-refractivity contribution in [2.24, 2.45) is 17.8 Å². The van der Waals surface area contributed by atoms with Gasteiger partial charge in [-0.3, -0.25) is 19.2 Å². The molecule has 4 rings (SSSR count). The van der Waals surface area contributed by atoms with Gasteiger partial charge < -0.3 is 20.1 Å². The van der Waals surface area contributed by atoms with E-state index in [9.17, 15) is 19.2 Å². The first-order valence-corrected chi connectivity index (χ1v) is 11.5. The molecular formula is C26H28N2O6. The predicted molar refractivity (Wildman–Crippen MR) is 126 cm³/mol. The molecule has 2 fully saturated rings. The molecule has 2 atom stereocenters. The molecule has 2 amide bonds. The van der Waals surface area contributed by atoms with Crippen LogP contribution in [0.4, 0.5) is 11.4 Å². The van der Waals surface area contributed by atoms with E-state index in [0.717, 1.165) is 19.3 Å². The SMILES string of the molecule is COc1ccc(NC(=O)c2ccccc2NC(=O)COC(=O)C2CC3CCCC(C2)C3=O)cc1. The van der Waals surface area contributed by atoms with Crippen LogP contribution in [0.5, 0.6) is 5.75 Å². The minimum absolute atomic E-state index is 0.0602. The van der Waals surface area contributed by atoms with E-state index in [0.29, 0.717) is 30.0 Å². The number of nitrogens with one attached hydrogen (secondary N) is 2. The van der Waals surface area contributed by atoms with E-state index in [-0.39, 0.29) is 29.1 Å². The smallest absolute Gasteiger partial charge is 0.309 e. The second-order valence-electron chi connectivity index (χ2n) is 8.78. The van der Waals surface area contributed by atoms with E-state index < -0.39 is 24.4 Å². The third-order valence-electron chi connectivity index (χ3n) is 6.52. The number of esters is 1. The second kappa shape index (κ2) is 10.5. The molecule has 2 bridgehead atoms. The number of benzene rings is 2. The van der Waals surface area contributed by atoms with Gasteiger partial charge in [0.15, 0.2) is 6.61 Å². The Kier molecular flexibility index (Phi) is 7.25. The number of methoxy groups -OCH3 is 1. The Bertz CT molecular complexity index is 1060. The summed E-state index contributed by atoms with van der Waals surface area (Å²) in [7, 11) is 1.56. The molecule has 2 aliphatic rings. The number of Topliss-reactive ketones (excluding diaryl/α,β-unsaturated/α-hetero) is 1. The molecule has 2 aromatic carbocycles. The van der Waals surface area contributed by atoms with Crippen LogP contribution in [0.15, 0.2) is 48.5 Å². The lowest BCUT2D eigenvalue weighted by Gasteiger charge is -2.36. The lowest BCUT2D eigenvalue weighted by Crippen LogP contribution is -2.40. The Balaban J connectivity index is 1.32. The average molecular weight is 465 g/mol. The number of carbonyl (C=O) groups excluding carboxylic acids is 4. The van der Waals surface area contributed by atoms with Crippen molar-refractivity contribution in [1.29, 1.82) is 0 Å². The number of ketones is 1. The second-order valence-corrected chi connectivity index (χ2v) is 8.78. The van der Waals surface area contributed by atoms with E-state index in [1.807, 2.05) is 0 Å². The highest BCUT2D eigenvalue weighted by Crippen LogP contribution is 2.40. The summed E-state index contributed by atoms with van der Waals surface area (Å²) in [4.78, 5) is 50.0. The number of ether oxygens (including phenoxy) is 2. The molecule has 0 radical (unpaired) electrons. The molecule has 8 heteroatoms. The average Bonchev–Trinajstić information content (AvgIpc) is 2.83. The highest BCUT2D eigenvalue weighted by molar-refractivity contribution is 6.10. The van der Waals surface area contributed by atoms with E-state index >= 15 is 0 Å². The normalized spacial score (nSPS) is 21.3. The van der Waals surface area contributed by atoms with Crippen molar-refractivity contribution in [2.45, 2.75) is 32.1 Å². The predicted octanol–water partition coefficient (Wildman–Crippen LogP) is 3.82. The molecular weight excluding hydrogens is 436 g/mol. The summed E-state index contributed by atoms with van der Waals surface area (Å²) in [5, 5.41) is 5.43. The standard InChI is InChI=1S/C26H28N2O6/c1-33-20-11-9-19(10-12-20)27-25(31)21-7-2-3-8-22(21)28-23(29)15-34-26(32)18-13-16-5-4-6-17(14-18)24(16)30/h2-3,7-12,16-18H,4-6,13-15H2,1H3,(H,27,31)(H,28,29). The zero-order chi connectivity index (χ0) is 24.1. The number of carbonyl (C=O) groups is 4. The topological polar surface area (TPSA) is 111 Å². The number of fused-ring (bicyclic) bond motifs is 2. The highest BCUT2D eigenvalue weighted by Gasteiger charge is 2.41. The summed E-state index contributed by atoms with van der Waals surface area (Å²) < 4.78 is 10.4. The van der Waals surface area contributed by atoms with Crippen molar-refractivity contribution in [2.75, 3.05) is 24.4 Å². The monoisotopic (exact) mass is 464 g/mol. The Labute approximate surface area is 198 Å². The Morgan fingerprint density at radius 2 is 1.62 bits per heavy atom. The third kappa shape index (κ3) is 5.44. The zero-order valence-electron chi connectivity index (χ0n) is 19.0. The van der Waals surface area contributed by atoms with Gasteiger partial charge in [0.2, 0.25) is 0 Å². The Morgan fingerprint density at radius 3 is 2.29 bits per heavy atom. The van der Waals surface area contributed by atoms with Crippen molar-refractivity contribution in [3.63, 3.8) is 0 Å². The van der Waals surface area contributed by atoms with Crippen LogP contribution in [-0.2, 0) is 19.1 Å². The molecule has 178 valence electrons. The molecule has 2 aliphatic carbocycles. The van der Waals surface area contributed by atoms with Gasteiger partial charge in [-0.15, -0.1) is 0 Å². The van der Waals surface area contributed by atoms with Gasteiger partial charge in [-0.05, 0) is 62.1 Å². The van der Waals surface area contributed by atoms with Crippen molar-refractivity contribution in [1.82, 2.24) is 0 Å². The van der Waals surface area contributed by atoms with E-state index in [4.69, 9.17) is 9.47 Å². The van der Waals surface area contributed by atoms with Gasteiger partial charge in [0.1, 0.15) is 11.5 Å². The lowest BCUT2D eigenvalue weighted by atomic mass is 9.67. The molecule has 0 aliphatic heterocycles. The summed E-state index contributed by atoms with van der Waals surface area (Å²) in [5.41, 5.74) is 1.17. The Hall–Kier alpha value is -3.68. The fourth-order valence-corrected chi connectivity index (χ4v) is 4.78. The number of amides is 2. The van der Waals surface area contributed by atoms with Gasteiger partial charge in [-0.1, -0.05) is 18.6 Å². The van der Waals surface area contributed by atoms with Crippen LogP contribution < -0.4 is 15.4 Å². The van der Waals surface area contributed by atoms with Gasteiger partial charge in [-0.2, -0.15) is 0 Å². The first-order valence-electron chi connectivity index (χ1n) is 11.5. The zero-order valence-corrected chi connectivity index (χ0v) is 19.0. The molecule has 0 heterocycles. The number of para-hydroxylation sites is 1. The van der Waals surface area contributed by atoms with Crippen LogP contribution in [0.2, 0.25) is 0 Å². The highest BCUT2D eigenvalue weighted by atomic mass is 16.5. The van der Waals surface area contributed by atoms with Crippen molar-refractivity contribution < 1.29 is 28.7 Å². The van der Waals surface area contributed by atoms with E-state index in [1.54, 1.807) is 55.6 Å². The molecule has 0 saturated heterocycles. The molecule has 0 spiro atoms. The van der Waals surface area contributed by atoms with Crippen molar-refractivity contribution in [3.05, 3.63) is 54.1 Å². The largest absolute Gasteiger partial charge is 0.497 e. The Morgan fingerprint density at radius 1 is 0.941 bits per heavy atom. The quantitative estimate of drug-likeness (QED) is 0.603. The van der Waals surface area contributed by atoms with Gasteiger partial charge in [-0.25, -0.2) is 0 Å². The minimum atomic E-state index is -0.537. The summed E-state index contributed by atoms with van der Waals surface area (Å²) in [6.45, 7) is -0.451. The van der Waals surface area contributed by atoms with Crippen LogP contribution in [-0.4, -0.2) is 37.3 Å². The lowest BCUT2D eigenvalue weighted by molar-refractivity contribution is -0.155. The maximum atomic E-state index is 12.8. The van der Waals surface area contributed by atoms with Gasteiger partial charge >= 0.3 is 5.97 Å². The van der Waals surface area contributed by atoms with Gasteiger partial charge in [0.05, 0.1) is 24.3 Å². The van der Waals surface area contributed by atoms with Crippen molar-refractivity contribution in [3.8, 4) is 5.75 Å². The molecule has 34 heavy (non-hydrogen) atoms. The van der Waals surface area contributed by atoms with Crippen LogP contribution in [0, 0.1) is 17.8 Å². The number of rotatable bonds is 7. The van der Waals surface area contributed by atoms with Gasteiger partial charge in [0, 0.05) is 17.5 Å². The van der Waals surface area contributed by atoms with E-state index in [2.05, 4.69) is 10.6 Å². The summed E-state index contributed by atoms with van der Waals surface area (Å²) in [5.74, 6) is -0.888. The number of hydrogen-bond acceptors (Lipinski definition) is 6. The fourth-order valence-electron chi connectivity index (χ4n) is 4.78. The number of anilines is 2. The van der Waals surface area contributed by atoms with Crippen LogP contribution in [0.1, 0.15) is 42.5 Å². The summed E-state index contributed by atoms with van der Waals surface area (Å²) >= 11 is 0. The van der Waals surface area contributed by atoms with Gasteiger partial charge in [0.25, 0.3) is 11.8 Å². The fraction of sp³-hybridized carbons (Fsp3) is 0.385. The van der Waals surface area contributed by atoms with Crippen LogP contribution in [0.25, 0.3) is 0 Å². The molecule has 2 aromatic rings. The number of hydrogen-bond donors (Lipinski definition) is 2. The first-order chi connectivity index (χ1) is 16.4. The first kappa shape index (κ1) is 23.5. The molecule has 2 unspecified atom stereocenters. The maximum absolute atomic E-state index is 12.8. The molecule has 8 nitrogen and oxygen atoms in total. The van der Waals surface area contributed by atoms with Crippen LogP contribution in [0.3, 0.4) is 0 Å².